The van der Waals surface area contributed by atoms with E-state index in [1.165, 1.54) is 48.7 Å². The molecule has 1 aliphatic rings. The van der Waals surface area contributed by atoms with Crippen LogP contribution in [-0.4, -0.2) is 67.8 Å². The number of amides is 3. The summed E-state index contributed by atoms with van der Waals surface area (Å²) in [6, 6.07) is 11.3. The van der Waals surface area contributed by atoms with Gasteiger partial charge in [-0.3, -0.25) is 29.3 Å². The summed E-state index contributed by atoms with van der Waals surface area (Å²) in [6.45, 7) is -0.131. The Kier molecular flexibility index (Phi) is 8.34. The number of nitro groups is 1. The number of halogens is 2. The fourth-order valence-electron chi connectivity index (χ4n) is 4.29. The SMILES string of the molecule is O=C(O)CC(NC(=O)C1N(C(=O)c2ccc(F)cc2)CCN1C(=O)c1ccc(Cl)nc1)c1cccc([N+](=O)[O-])c1. The van der Waals surface area contributed by atoms with Gasteiger partial charge in [-0.1, -0.05) is 23.7 Å². The molecule has 2 atom stereocenters. The van der Waals surface area contributed by atoms with Crippen LogP contribution in [0.2, 0.25) is 5.15 Å². The van der Waals surface area contributed by atoms with Gasteiger partial charge in [0.25, 0.3) is 23.4 Å². The van der Waals surface area contributed by atoms with Crippen LogP contribution in [0, 0.1) is 15.9 Å². The van der Waals surface area contributed by atoms with Crippen molar-refractivity contribution in [3.63, 3.8) is 0 Å². The third-order valence-electron chi connectivity index (χ3n) is 6.17. The maximum Gasteiger partial charge on any atom is 0.305 e. The van der Waals surface area contributed by atoms with Crippen molar-refractivity contribution in [1.29, 1.82) is 0 Å². The molecule has 1 fully saturated rings. The van der Waals surface area contributed by atoms with E-state index in [0.717, 1.165) is 28.0 Å². The summed E-state index contributed by atoms with van der Waals surface area (Å²) < 4.78 is 13.5. The van der Waals surface area contributed by atoms with E-state index in [2.05, 4.69) is 10.3 Å². The number of aromatic nitrogens is 1. The maximum atomic E-state index is 13.7. The molecule has 2 N–H and O–H groups in total. The summed E-state index contributed by atoms with van der Waals surface area (Å²) in [6.07, 6.45) is -0.961. The van der Waals surface area contributed by atoms with Crippen LogP contribution < -0.4 is 5.32 Å². The fourth-order valence-corrected chi connectivity index (χ4v) is 4.40. The first-order valence-electron chi connectivity index (χ1n) is 11.8. The number of carbonyl (C=O) groups excluding carboxylic acids is 3. The minimum absolute atomic E-state index is 0.0578. The minimum Gasteiger partial charge on any atom is -0.481 e. The molecule has 1 aliphatic heterocycles. The molecule has 0 aliphatic carbocycles. The summed E-state index contributed by atoms with van der Waals surface area (Å²) in [7, 11) is 0. The van der Waals surface area contributed by atoms with E-state index in [4.69, 9.17) is 11.6 Å². The van der Waals surface area contributed by atoms with Crippen LogP contribution in [0.5, 0.6) is 0 Å². The van der Waals surface area contributed by atoms with Crippen LogP contribution in [0.1, 0.15) is 38.7 Å². The highest BCUT2D eigenvalue weighted by molar-refractivity contribution is 6.29. The molecule has 2 heterocycles. The molecule has 14 heteroatoms. The summed E-state index contributed by atoms with van der Waals surface area (Å²) in [5.74, 6) is -4.10. The number of nitrogens with one attached hydrogen (secondary N) is 1. The monoisotopic (exact) mass is 569 g/mol. The third kappa shape index (κ3) is 6.21. The molecule has 40 heavy (non-hydrogen) atoms. The third-order valence-corrected chi connectivity index (χ3v) is 6.40. The van der Waals surface area contributed by atoms with Crippen molar-refractivity contribution in [3.05, 3.63) is 105 Å². The van der Waals surface area contributed by atoms with Gasteiger partial charge in [-0.2, -0.15) is 0 Å². The van der Waals surface area contributed by atoms with Gasteiger partial charge in [0.05, 0.1) is 22.9 Å². The van der Waals surface area contributed by atoms with Crippen LogP contribution in [0.15, 0.2) is 66.9 Å². The number of rotatable bonds is 8. The summed E-state index contributed by atoms with van der Waals surface area (Å²) >= 11 is 5.82. The number of pyridine rings is 1. The van der Waals surface area contributed by atoms with E-state index < -0.39 is 53.1 Å². The summed E-state index contributed by atoms with van der Waals surface area (Å²) in [5.41, 5.74) is -0.0382. The first kappa shape index (κ1) is 28.1. The lowest BCUT2D eigenvalue weighted by atomic mass is 10.0. The van der Waals surface area contributed by atoms with Gasteiger partial charge in [0.15, 0.2) is 6.17 Å². The normalized spacial score (nSPS) is 15.4. The zero-order chi connectivity index (χ0) is 29.0. The van der Waals surface area contributed by atoms with E-state index in [-0.39, 0.29) is 40.6 Å². The van der Waals surface area contributed by atoms with E-state index in [0.29, 0.717) is 0 Å². The molecule has 12 nitrogen and oxygen atoms in total. The standard InChI is InChI=1S/C26H21ClFN5O7/c27-21-9-6-17(14-29-21)26(38)32-11-10-31(25(37)15-4-7-18(28)8-5-15)24(32)23(36)30-20(13-22(34)35)16-2-1-3-19(12-16)33(39)40/h1-9,12,14,20,24H,10-11,13H2,(H,30,36)(H,34,35). The van der Waals surface area contributed by atoms with Crippen molar-refractivity contribution >= 4 is 41.0 Å². The molecule has 2 unspecified atom stereocenters. The number of hydrogen-bond acceptors (Lipinski definition) is 7. The van der Waals surface area contributed by atoms with Crippen molar-refractivity contribution < 1.29 is 33.6 Å². The number of benzene rings is 2. The second kappa shape index (κ2) is 11.9. The van der Waals surface area contributed by atoms with E-state index >= 15 is 0 Å². The quantitative estimate of drug-likeness (QED) is 0.237. The smallest absolute Gasteiger partial charge is 0.305 e. The van der Waals surface area contributed by atoms with Gasteiger partial charge < -0.3 is 20.2 Å². The van der Waals surface area contributed by atoms with Crippen molar-refractivity contribution in [2.24, 2.45) is 0 Å². The van der Waals surface area contributed by atoms with Gasteiger partial charge in [0.2, 0.25) is 0 Å². The molecule has 0 saturated carbocycles. The zero-order valence-corrected chi connectivity index (χ0v) is 21.3. The molecule has 1 aromatic heterocycles. The number of aliphatic carboxylic acids is 1. The lowest BCUT2D eigenvalue weighted by molar-refractivity contribution is -0.384. The average molecular weight is 570 g/mol. The molecular formula is C26H21ClFN5O7. The van der Waals surface area contributed by atoms with Crippen molar-refractivity contribution in [3.8, 4) is 0 Å². The number of hydrogen-bond donors (Lipinski definition) is 2. The first-order chi connectivity index (χ1) is 19.0. The number of carbonyl (C=O) groups is 4. The molecule has 0 spiro atoms. The van der Waals surface area contributed by atoms with E-state index in [1.807, 2.05) is 0 Å². The van der Waals surface area contributed by atoms with Crippen LogP contribution in [0.25, 0.3) is 0 Å². The lowest BCUT2D eigenvalue weighted by Gasteiger charge is -2.31. The fraction of sp³-hybridized carbons (Fsp3) is 0.192. The predicted octanol–water partition coefficient (Wildman–Crippen LogP) is 3.04. The van der Waals surface area contributed by atoms with Crippen molar-refractivity contribution in [2.75, 3.05) is 13.1 Å². The van der Waals surface area contributed by atoms with Crippen molar-refractivity contribution in [1.82, 2.24) is 20.1 Å². The van der Waals surface area contributed by atoms with Crippen LogP contribution in [0.4, 0.5) is 10.1 Å². The predicted molar refractivity (Wildman–Crippen MR) is 138 cm³/mol. The molecule has 206 valence electrons. The Labute approximate surface area is 231 Å². The topological polar surface area (TPSA) is 163 Å². The Bertz CT molecular complexity index is 1400. The maximum absolute atomic E-state index is 13.7. The number of nitro benzene ring substituents is 1. The largest absolute Gasteiger partial charge is 0.481 e. The average Bonchev–Trinajstić information content (AvgIpc) is 3.38. The van der Waals surface area contributed by atoms with Crippen LogP contribution in [-0.2, 0) is 9.59 Å². The number of non-ortho nitro benzene ring substituents is 1. The van der Waals surface area contributed by atoms with E-state index in [9.17, 15) is 38.8 Å². The summed E-state index contributed by atoms with van der Waals surface area (Å²) in [5, 5.41) is 23.4. The van der Waals surface area contributed by atoms with Gasteiger partial charge in [-0.25, -0.2) is 9.37 Å². The number of carboxylic acid groups (broad SMARTS) is 1. The molecule has 0 radical (unpaired) electrons. The molecular weight excluding hydrogens is 549 g/mol. The van der Waals surface area contributed by atoms with Gasteiger partial charge in [-0.05, 0) is 42.0 Å². The lowest BCUT2D eigenvalue weighted by Crippen LogP contribution is -2.54. The number of carboxylic acids is 1. The first-order valence-corrected chi connectivity index (χ1v) is 12.2. The molecule has 4 rings (SSSR count). The molecule has 0 bridgehead atoms. The van der Waals surface area contributed by atoms with E-state index in [1.54, 1.807) is 0 Å². The highest BCUT2D eigenvalue weighted by atomic mass is 35.5. The second-order valence-electron chi connectivity index (χ2n) is 8.76. The molecule has 1 saturated heterocycles. The van der Waals surface area contributed by atoms with Gasteiger partial charge >= 0.3 is 5.97 Å². The Balaban J connectivity index is 1.69. The Morgan fingerprint density at radius 3 is 2.25 bits per heavy atom. The summed E-state index contributed by atoms with van der Waals surface area (Å²) in [4.78, 5) is 68.8. The van der Waals surface area contributed by atoms with Gasteiger partial charge in [0.1, 0.15) is 11.0 Å². The highest BCUT2D eigenvalue weighted by Gasteiger charge is 2.44. The van der Waals surface area contributed by atoms with Crippen LogP contribution >= 0.6 is 11.6 Å². The Morgan fingerprint density at radius 2 is 1.68 bits per heavy atom. The Morgan fingerprint density at radius 1 is 1.05 bits per heavy atom. The zero-order valence-electron chi connectivity index (χ0n) is 20.6. The molecule has 3 aromatic rings. The van der Waals surface area contributed by atoms with Gasteiger partial charge in [-0.15, -0.1) is 0 Å². The van der Waals surface area contributed by atoms with Crippen LogP contribution in [0.3, 0.4) is 0 Å². The number of nitrogens with zero attached hydrogens (tertiary/aromatic N) is 4. The van der Waals surface area contributed by atoms with Gasteiger partial charge in [0, 0.05) is 37.0 Å². The Hall–Kier alpha value is -4.91. The van der Waals surface area contributed by atoms with Crippen molar-refractivity contribution in [2.45, 2.75) is 18.6 Å². The second-order valence-corrected chi connectivity index (χ2v) is 9.15. The molecule has 2 aromatic carbocycles. The highest BCUT2D eigenvalue weighted by Crippen LogP contribution is 2.25. The molecule has 3 amide bonds. The minimum atomic E-state index is -1.53.